The fraction of sp³-hybridized carbons (Fsp3) is 0.200. The highest BCUT2D eigenvalue weighted by Gasteiger charge is 2.24. The van der Waals surface area contributed by atoms with E-state index in [9.17, 15) is 14.0 Å². The van der Waals surface area contributed by atoms with Crippen molar-refractivity contribution in [1.29, 1.82) is 0 Å². The van der Waals surface area contributed by atoms with Crippen molar-refractivity contribution in [3.63, 3.8) is 0 Å². The fourth-order valence-corrected chi connectivity index (χ4v) is 3.69. The second-order valence-electron chi connectivity index (χ2n) is 7.42. The van der Waals surface area contributed by atoms with E-state index in [4.69, 9.17) is 14.6 Å². The van der Waals surface area contributed by atoms with Crippen LogP contribution < -0.4 is 19.3 Å². The number of halogens is 1. The van der Waals surface area contributed by atoms with Gasteiger partial charge >= 0.3 is 5.97 Å². The molecule has 0 saturated carbocycles. The van der Waals surface area contributed by atoms with E-state index >= 15 is 0 Å². The lowest BCUT2D eigenvalue weighted by molar-refractivity contribution is -0.139. The van der Waals surface area contributed by atoms with E-state index in [1.165, 1.54) is 12.1 Å². The number of aliphatic carboxylic acids is 1. The Bertz CT molecular complexity index is 1120. The summed E-state index contributed by atoms with van der Waals surface area (Å²) in [6, 6.07) is 20.1. The molecule has 3 aromatic rings. The Morgan fingerprint density at radius 2 is 1.79 bits per heavy atom. The molecule has 1 amide bonds. The molecule has 170 valence electrons. The molecule has 0 atom stereocenters. The average Bonchev–Trinajstić information content (AvgIpc) is 2.84. The summed E-state index contributed by atoms with van der Waals surface area (Å²) in [5.41, 5.74) is 1.89. The lowest BCUT2D eigenvalue weighted by Gasteiger charge is -2.34. The molecule has 0 radical (unpaired) electrons. The highest BCUT2D eigenvalue weighted by Crippen LogP contribution is 2.39. The van der Waals surface area contributed by atoms with Gasteiger partial charge in [0.25, 0.3) is 5.91 Å². The number of benzene rings is 3. The first-order valence-corrected chi connectivity index (χ1v) is 10.5. The number of fused-ring (bicyclic) bond motifs is 1. The summed E-state index contributed by atoms with van der Waals surface area (Å²) < 4.78 is 24.6. The minimum atomic E-state index is -1.07. The number of hydrogen-bond donors (Lipinski definition) is 1. The number of rotatable bonds is 8. The molecular formula is C25H23FN2O5. The molecule has 1 heterocycles. The molecule has 33 heavy (non-hydrogen) atoms. The van der Waals surface area contributed by atoms with Gasteiger partial charge in [0.2, 0.25) is 0 Å². The van der Waals surface area contributed by atoms with Crippen molar-refractivity contribution >= 4 is 23.3 Å². The predicted octanol–water partition coefficient (Wildman–Crippen LogP) is 3.83. The minimum Gasteiger partial charge on any atom is -0.486 e. The van der Waals surface area contributed by atoms with Crippen molar-refractivity contribution in [2.75, 3.05) is 42.6 Å². The first kappa shape index (κ1) is 22.1. The van der Waals surface area contributed by atoms with Gasteiger partial charge < -0.3 is 24.4 Å². The minimum absolute atomic E-state index is 0.186. The van der Waals surface area contributed by atoms with Crippen LogP contribution in [-0.4, -0.2) is 49.8 Å². The molecule has 3 aromatic carbocycles. The van der Waals surface area contributed by atoms with Crippen LogP contribution in [0.5, 0.6) is 11.5 Å². The Balaban J connectivity index is 1.56. The first-order chi connectivity index (χ1) is 16.0. The van der Waals surface area contributed by atoms with E-state index in [2.05, 4.69) is 4.90 Å². The van der Waals surface area contributed by atoms with Crippen LogP contribution in [0.3, 0.4) is 0 Å². The standard InChI is InChI=1S/C25H23FN2O5/c26-19-9-11-20(12-10-19)28(25(31)18-5-2-1-3-6-18)14-13-27-15-16-32-24-21(27)7-4-8-22(24)33-17-23(29)30/h1-12H,13-17H2,(H,29,30). The average molecular weight is 450 g/mol. The van der Waals surface area contributed by atoms with E-state index in [1.807, 2.05) is 12.1 Å². The Morgan fingerprint density at radius 1 is 1.03 bits per heavy atom. The molecule has 0 unspecified atom stereocenters. The molecule has 0 fully saturated rings. The third-order valence-corrected chi connectivity index (χ3v) is 5.26. The molecule has 1 aliphatic heterocycles. The molecule has 8 heteroatoms. The van der Waals surface area contributed by atoms with Crippen LogP contribution in [0.15, 0.2) is 72.8 Å². The number of ether oxygens (including phenoxy) is 2. The Labute approximate surface area is 190 Å². The maximum atomic E-state index is 13.5. The van der Waals surface area contributed by atoms with Crippen LogP contribution in [0.4, 0.5) is 15.8 Å². The highest BCUT2D eigenvalue weighted by molar-refractivity contribution is 6.06. The molecule has 0 saturated heterocycles. The quantitative estimate of drug-likeness (QED) is 0.562. The van der Waals surface area contributed by atoms with Crippen LogP contribution in [0.25, 0.3) is 0 Å². The molecule has 0 aromatic heterocycles. The highest BCUT2D eigenvalue weighted by atomic mass is 19.1. The Morgan fingerprint density at radius 3 is 2.52 bits per heavy atom. The van der Waals surface area contributed by atoms with Gasteiger partial charge in [-0.05, 0) is 48.5 Å². The molecule has 7 nitrogen and oxygen atoms in total. The second kappa shape index (κ2) is 10.0. The van der Waals surface area contributed by atoms with Crippen LogP contribution in [0, 0.1) is 5.82 Å². The second-order valence-corrected chi connectivity index (χ2v) is 7.42. The zero-order chi connectivity index (χ0) is 23.2. The Kier molecular flexibility index (Phi) is 6.73. The lowest BCUT2D eigenvalue weighted by atomic mass is 10.1. The van der Waals surface area contributed by atoms with Gasteiger partial charge in [-0.3, -0.25) is 4.79 Å². The molecule has 1 N–H and O–H groups in total. The normalized spacial score (nSPS) is 12.5. The van der Waals surface area contributed by atoms with Crippen molar-refractivity contribution in [2.24, 2.45) is 0 Å². The van der Waals surface area contributed by atoms with E-state index < -0.39 is 12.6 Å². The van der Waals surface area contributed by atoms with E-state index in [-0.39, 0.29) is 11.7 Å². The summed E-state index contributed by atoms with van der Waals surface area (Å²) in [6.07, 6.45) is 0. The van der Waals surface area contributed by atoms with E-state index in [1.54, 1.807) is 53.4 Å². The first-order valence-electron chi connectivity index (χ1n) is 10.5. The van der Waals surface area contributed by atoms with E-state index in [0.717, 1.165) is 5.69 Å². The van der Waals surface area contributed by atoms with Gasteiger partial charge in [0.1, 0.15) is 12.4 Å². The van der Waals surface area contributed by atoms with Gasteiger partial charge in [0.05, 0.1) is 12.2 Å². The maximum Gasteiger partial charge on any atom is 0.341 e. The third-order valence-electron chi connectivity index (χ3n) is 5.26. The number of amides is 1. The smallest absolute Gasteiger partial charge is 0.341 e. The van der Waals surface area contributed by atoms with Gasteiger partial charge in [-0.1, -0.05) is 24.3 Å². The summed E-state index contributed by atoms with van der Waals surface area (Å²) >= 11 is 0. The Hall–Kier alpha value is -4.07. The number of anilines is 2. The third kappa shape index (κ3) is 5.23. The number of carboxylic acid groups (broad SMARTS) is 1. The molecular weight excluding hydrogens is 427 g/mol. The predicted molar refractivity (Wildman–Crippen MR) is 122 cm³/mol. The summed E-state index contributed by atoms with van der Waals surface area (Å²) in [5, 5.41) is 8.91. The van der Waals surface area contributed by atoms with Crippen molar-refractivity contribution < 1.29 is 28.6 Å². The zero-order valence-electron chi connectivity index (χ0n) is 17.8. The van der Waals surface area contributed by atoms with Crippen LogP contribution in [-0.2, 0) is 4.79 Å². The number of carboxylic acids is 1. The monoisotopic (exact) mass is 450 g/mol. The van der Waals surface area contributed by atoms with Gasteiger partial charge in [-0.2, -0.15) is 0 Å². The molecule has 4 rings (SSSR count). The van der Waals surface area contributed by atoms with Gasteiger partial charge in [-0.15, -0.1) is 0 Å². The molecule has 0 aliphatic carbocycles. The molecule has 0 spiro atoms. The molecule has 0 bridgehead atoms. The van der Waals surface area contributed by atoms with E-state index in [0.29, 0.717) is 49.0 Å². The van der Waals surface area contributed by atoms with Crippen molar-refractivity contribution in [3.05, 3.63) is 84.2 Å². The molecule has 1 aliphatic rings. The largest absolute Gasteiger partial charge is 0.486 e. The summed E-state index contributed by atoms with van der Waals surface area (Å²) in [5.74, 6) is -0.797. The van der Waals surface area contributed by atoms with Crippen molar-refractivity contribution in [2.45, 2.75) is 0 Å². The number of carbonyl (C=O) groups excluding carboxylic acids is 1. The van der Waals surface area contributed by atoms with Crippen molar-refractivity contribution in [1.82, 2.24) is 0 Å². The zero-order valence-corrected chi connectivity index (χ0v) is 17.8. The summed E-state index contributed by atoms with van der Waals surface area (Å²) in [4.78, 5) is 27.8. The number of hydrogen-bond acceptors (Lipinski definition) is 5. The van der Waals surface area contributed by atoms with Crippen LogP contribution >= 0.6 is 0 Å². The van der Waals surface area contributed by atoms with Crippen LogP contribution in [0.2, 0.25) is 0 Å². The van der Waals surface area contributed by atoms with Gasteiger partial charge in [0.15, 0.2) is 18.1 Å². The summed E-state index contributed by atoms with van der Waals surface area (Å²) in [7, 11) is 0. The maximum absolute atomic E-state index is 13.5. The summed E-state index contributed by atoms with van der Waals surface area (Å²) in [6.45, 7) is 1.34. The van der Waals surface area contributed by atoms with Gasteiger partial charge in [0, 0.05) is 24.3 Å². The van der Waals surface area contributed by atoms with Crippen molar-refractivity contribution in [3.8, 4) is 11.5 Å². The number of carbonyl (C=O) groups is 2. The number of para-hydroxylation sites is 1. The number of nitrogens with zero attached hydrogens (tertiary/aromatic N) is 2. The SMILES string of the molecule is O=C(O)COc1cccc2c1OCCN2CCN(C(=O)c1ccccc1)c1ccc(F)cc1. The van der Waals surface area contributed by atoms with Gasteiger partial charge in [-0.25, -0.2) is 9.18 Å². The van der Waals surface area contributed by atoms with Crippen LogP contribution in [0.1, 0.15) is 10.4 Å². The fourth-order valence-electron chi connectivity index (χ4n) is 3.69. The lowest BCUT2D eigenvalue weighted by Crippen LogP contribution is -2.41. The topological polar surface area (TPSA) is 79.3 Å².